The Bertz CT molecular complexity index is 1280. The molecule has 29 heavy (non-hydrogen) atoms. The Labute approximate surface area is 167 Å². The van der Waals surface area contributed by atoms with Crippen molar-refractivity contribution in [2.45, 2.75) is 20.0 Å². The van der Waals surface area contributed by atoms with E-state index in [1.165, 1.54) is 0 Å². The predicted molar refractivity (Wildman–Crippen MR) is 106 cm³/mol. The third-order valence-electron chi connectivity index (χ3n) is 4.97. The molecule has 144 valence electrons. The van der Waals surface area contributed by atoms with Crippen molar-refractivity contribution >= 4 is 0 Å². The van der Waals surface area contributed by atoms with Crippen LogP contribution in [-0.4, -0.2) is 41.4 Å². The second-order valence-electron chi connectivity index (χ2n) is 7.03. The van der Waals surface area contributed by atoms with Crippen LogP contribution in [0.1, 0.15) is 34.0 Å². The summed E-state index contributed by atoms with van der Waals surface area (Å²) in [5.74, 6) is 6.30. The predicted octanol–water partition coefficient (Wildman–Crippen LogP) is 1.95. The molecule has 8 nitrogen and oxygen atoms in total. The first-order valence-corrected chi connectivity index (χ1v) is 9.25. The first-order chi connectivity index (χ1) is 14.1. The molecule has 0 bridgehead atoms. The minimum Gasteiger partial charge on any atom is -0.378 e. The van der Waals surface area contributed by atoms with Gasteiger partial charge in [0.05, 0.1) is 29.4 Å². The Morgan fingerprint density at radius 3 is 2.83 bits per heavy atom. The zero-order valence-electron chi connectivity index (χ0n) is 16.4. The molecule has 3 aromatic heterocycles. The van der Waals surface area contributed by atoms with Gasteiger partial charge in [-0.15, -0.1) is 5.10 Å². The van der Waals surface area contributed by atoms with Crippen LogP contribution in [0.25, 0.3) is 11.4 Å². The van der Waals surface area contributed by atoms with E-state index in [1.54, 1.807) is 11.8 Å². The van der Waals surface area contributed by atoms with Gasteiger partial charge in [0.15, 0.2) is 0 Å². The molecule has 1 aliphatic rings. The molecule has 0 aliphatic carbocycles. The quantitative estimate of drug-likeness (QED) is 0.434. The lowest BCUT2D eigenvalue weighted by Crippen LogP contribution is -2.04. The normalized spacial score (nSPS) is 11.8. The van der Waals surface area contributed by atoms with Crippen LogP contribution in [0.3, 0.4) is 0 Å². The number of hydrogen-bond donors (Lipinski definition) is 0. The topological polar surface area (TPSA) is 75.6 Å². The van der Waals surface area contributed by atoms with Gasteiger partial charge >= 0.3 is 0 Å². The van der Waals surface area contributed by atoms with Crippen LogP contribution in [0.15, 0.2) is 36.8 Å². The van der Waals surface area contributed by atoms with E-state index in [0.29, 0.717) is 18.7 Å². The van der Waals surface area contributed by atoms with E-state index in [9.17, 15) is 0 Å². The van der Waals surface area contributed by atoms with Crippen molar-refractivity contribution in [3.63, 3.8) is 0 Å². The molecule has 8 heteroatoms. The van der Waals surface area contributed by atoms with Gasteiger partial charge in [-0.1, -0.05) is 11.3 Å². The lowest BCUT2D eigenvalue weighted by atomic mass is 10.1. The average Bonchev–Trinajstić information content (AvgIpc) is 3.39. The van der Waals surface area contributed by atoms with Crippen molar-refractivity contribution in [1.82, 2.24) is 34.3 Å². The monoisotopic (exact) mass is 385 g/mol. The largest absolute Gasteiger partial charge is 0.378 e. The second kappa shape index (κ2) is 6.72. The summed E-state index contributed by atoms with van der Waals surface area (Å²) in [5.41, 5.74) is 7.35. The Morgan fingerprint density at radius 2 is 2.03 bits per heavy atom. The van der Waals surface area contributed by atoms with Crippen LogP contribution in [0.4, 0.5) is 0 Å². The number of hydrogen-bond acceptors (Lipinski definition) is 5. The van der Waals surface area contributed by atoms with E-state index >= 15 is 0 Å². The molecular formula is C21H19N7O. The highest BCUT2D eigenvalue weighted by molar-refractivity contribution is 5.58. The van der Waals surface area contributed by atoms with Gasteiger partial charge in [0.25, 0.3) is 0 Å². The third kappa shape index (κ3) is 2.92. The minimum atomic E-state index is 0.402. The number of methoxy groups -OCH3 is 1. The SMILES string of the molecule is COCc1nnn2c1Cc1c(C#Cc3ccn(C)n3)ncn1-c1ccc(C)cc1-2. The van der Waals surface area contributed by atoms with Crippen LogP contribution in [0.2, 0.25) is 0 Å². The lowest BCUT2D eigenvalue weighted by molar-refractivity contribution is 0.180. The molecule has 1 aliphatic heterocycles. The molecule has 0 fully saturated rings. The smallest absolute Gasteiger partial charge is 0.135 e. The standard InChI is InChI=1S/C21H19N7O/c1-14-4-7-18-21(10-14)28-20(17(12-29-3)23-25-28)11-19-16(22-13-27(18)19)6-5-15-8-9-26(2)24-15/h4,7-10,13H,11-12H2,1-3H3. The number of imidazole rings is 1. The van der Waals surface area contributed by atoms with Gasteiger partial charge in [0.2, 0.25) is 0 Å². The number of fused-ring (bicyclic) bond motifs is 5. The fraction of sp³-hybridized carbons (Fsp3) is 0.238. The van der Waals surface area contributed by atoms with Gasteiger partial charge in [0.1, 0.15) is 23.4 Å². The molecule has 1 aromatic carbocycles. The van der Waals surface area contributed by atoms with E-state index < -0.39 is 0 Å². The van der Waals surface area contributed by atoms with Crippen molar-refractivity contribution in [3.05, 3.63) is 70.8 Å². The maximum Gasteiger partial charge on any atom is 0.135 e. The maximum atomic E-state index is 5.34. The number of ether oxygens (including phenoxy) is 1. The molecule has 4 aromatic rings. The maximum absolute atomic E-state index is 5.34. The molecule has 0 radical (unpaired) electrons. The Balaban J connectivity index is 1.69. The van der Waals surface area contributed by atoms with E-state index in [-0.39, 0.29) is 0 Å². The van der Waals surface area contributed by atoms with E-state index in [4.69, 9.17) is 4.74 Å². The van der Waals surface area contributed by atoms with Gasteiger partial charge in [-0.05, 0) is 42.5 Å². The summed E-state index contributed by atoms with van der Waals surface area (Å²) in [4.78, 5) is 4.59. The van der Waals surface area contributed by atoms with Crippen molar-refractivity contribution in [2.24, 2.45) is 7.05 Å². The van der Waals surface area contributed by atoms with Gasteiger partial charge < -0.3 is 4.74 Å². The summed E-state index contributed by atoms with van der Waals surface area (Å²) in [6.07, 6.45) is 4.30. The number of nitrogens with zero attached hydrogens (tertiary/aromatic N) is 7. The first-order valence-electron chi connectivity index (χ1n) is 9.25. The summed E-state index contributed by atoms with van der Waals surface area (Å²) in [7, 11) is 3.53. The highest BCUT2D eigenvalue weighted by Gasteiger charge is 2.25. The van der Waals surface area contributed by atoms with Crippen LogP contribution < -0.4 is 0 Å². The molecule has 0 amide bonds. The summed E-state index contributed by atoms with van der Waals surface area (Å²) < 4.78 is 11.1. The summed E-state index contributed by atoms with van der Waals surface area (Å²) in [6.45, 7) is 2.47. The van der Waals surface area contributed by atoms with E-state index in [0.717, 1.165) is 39.7 Å². The fourth-order valence-corrected chi connectivity index (χ4v) is 3.58. The minimum absolute atomic E-state index is 0.402. The van der Waals surface area contributed by atoms with Crippen molar-refractivity contribution in [3.8, 4) is 23.2 Å². The lowest BCUT2D eigenvalue weighted by Gasteiger charge is -2.10. The van der Waals surface area contributed by atoms with Gasteiger partial charge in [0, 0.05) is 26.8 Å². The third-order valence-corrected chi connectivity index (χ3v) is 4.97. The van der Waals surface area contributed by atoms with Crippen LogP contribution in [-0.2, 0) is 24.8 Å². The average molecular weight is 385 g/mol. The van der Waals surface area contributed by atoms with Crippen molar-refractivity contribution in [1.29, 1.82) is 0 Å². The van der Waals surface area contributed by atoms with E-state index in [2.05, 4.69) is 61.9 Å². The number of aryl methyl sites for hydroxylation is 2. The first kappa shape index (κ1) is 17.4. The number of benzene rings is 1. The molecule has 0 spiro atoms. The molecule has 0 saturated carbocycles. The molecule has 5 rings (SSSR count). The van der Waals surface area contributed by atoms with E-state index in [1.807, 2.05) is 30.3 Å². The molecule has 0 atom stereocenters. The Kier molecular flexibility index (Phi) is 4.03. The molecular weight excluding hydrogens is 366 g/mol. The molecule has 0 saturated heterocycles. The summed E-state index contributed by atoms with van der Waals surface area (Å²) in [6, 6.07) is 8.16. The fourth-order valence-electron chi connectivity index (χ4n) is 3.58. The number of rotatable bonds is 2. The van der Waals surface area contributed by atoms with Gasteiger partial charge in [-0.3, -0.25) is 9.25 Å². The van der Waals surface area contributed by atoms with Gasteiger partial charge in [-0.25, -0.2) is 9.67 Å². The van der Waals surface area contributed by atoms with Crippen molar-refractivity contribution < 1.29 is 4.74 Å². The zero-order chi connectivity index (χ0) is 20.0. The summed E-state index contributed by atoms with van der Waals surface area (Å²) >= 11 is 0. The van der Waals surface area contributed by atoms with Crippen LogP contribution in [0, 0.1) is 18.8 Å². The Morgan fingerprint density at radius 1 is 1.14 bits per heavy atom. The van der Waals surface area contributed by atoms with Crippen LogP contribution >= 0.6 is 0 Å². The number of aromatic nitrogens is 7. The second-order valence-corrected chi connectivity index (χ2v) is 7.03. The van der Waals surface area contributed by atoms with Crippen LogP contribution in [0.5, 0.6) is 0 Å². The molecule has 0 unspecified atom stereocenters. The summed E-state index contributed by atoms with van der Waals surface area (Å²) in [5, 5.41) is 13.1. The zero-order valence-corrected chi connectivity index (χ0v) is 16.4. The molecule has 0 N–H and O–H groups in total. The van der Waals surface area contributed by atoms with Gasteiger partial charge in [-0.2, -0.15) is 5.10 Å². The molecule has 4 heterocycles. The highest BCUT2D eigenvalue weighted by atomic mass is 16.5. The Hall–Kier alpha value is -3.70. The highest BCUT2D eigenvalue weighted by Crippen LogP contribution is 2.30. The van der Waals surface area contributed by atoms with Crippen molar-refractivity contribution in [2.75, 3.05) is 7.11 Å².